The number of aromatic amines is 2. The number of H-pyrrole nitrogens is 2. The highest BCUT2D eigenvalue weighted by Gasteiger charge is 2.30. The third-order valence-corrected chi connectivity index (χ3v) is 4.23. The van der Waals surface area contributed by atoms with Crippen LogP contribution in [-0.4, -0.2) is 46.1 Å². The maximum atomic E-state index is 12.2. The molecule has 5 nitrogen and oxygen atoms in total. The molecule has 0 spiro atoms. The Balaban J connectivity index is 1.96. The van der Waals surface area contributed by atoms with E-state index in [1.807, 2.05) is 18.1 Å². The summed E-state index contributed by atoms with van der Waals surface area (Å²) in [7, 11) is 0. The molecule has 6 heteroatoms. The Morgan fingerprint density at radius 3 is 3.00 bits per heavy atom. The molecule has 2 unspecified atom stereocenters. The van der Waals surface area contributed by atoms with Gasteiger partial charge in [0.1, 0.15) is 0 Å². The van der Waals surface area contributed by atoms with Gasteiger partial charge in [-0.3, -0.25) is 14.7 Å². The first-order chi connectivity index (χ1) is 8.61. The van der Waals surface area contributed by atoms with Crippen molar-refractivity contribution in [3.05, 3.63) is 22.1 Å². The predicted octanol–water partition coefficient (Wildman–Crippen LogP) is 1.02. The van der Waals surface area contributed by atoms with E-state index >= 15 is 0 Å². The number of amides is 1. The number of carbonyl (C=O) groups excluding carboxylic acids is 1. The molecule has 2 heterocycles. The maximum Gasteiger partial charge on any atom is 0.264 e. The quantitative estimate of drug-likeness (QED) is 0.857. The van der Waals surface area contributed by atoms with E-state index in [1.165, 1.54) is 0 Å². The zero-order valence-electron chi connectivity index (χ0n) is 10.7. The van der Waals surface area contributed by atoms with E-state index in [0.29, 0.717) is 6.54 Å². The molecular formula is C12H19N3O2S. The van der Waals surface area contributed by atoms with Crippen LogP contribution in [0.15, 0.2) is 10.9 Å². The van der Waals surface area contributed by atoms with Crippen LogP contribution in [0.5, 0.6) is 0 Å². The second-order valence-electron chi connectivity index (χ2n) is 4.84. The van der Waals surface area contributed by atoms with Crippen LogP contribution in [0.2, 0.25) is 0 Å². The molecule has 2 N–H and O–H groups in total. The first-order valence-corrected chi connectivity index (χ1v) is 7.56. The van der Waals surface area contributed by atoms with Crippen molar-refractivity contribution >= 4 is 17.7 Å². The van der Waals surface area contributed by atoms with Gasteiger partial charge in [-0.2, -0.15) is 11.8 Å². The molecule has 18 heavy (non-hydrogen) atoms. The Bertz CT molecular complexity index is 468. The third-order valence-electron chi connectivity index (χ3n) is 3.39. The first-order valence-electron chi connectivity index (χ1n) is 6.17. The average molecular weight is 269 g/mol. The third kappa shape index (κ3) is 2.80. The summed E-state index contributed by atoms with van der Waals surface area (Å²) in [5.74, 6) is 1.42. The van der Waals surface area contributed by atoms with Gasteiger partial charge in [0, 0.05) is 42.4 Å². The molecule has 100 valence electrons. The van der Waals surface area contributed by atoms with Gasteiger partial charge in [-0.25, -0.2) is 0 Å². The van der Waals surface area contributed by atoms with E-state index in [0.717, 1.165) is 24.4 Å². The lowest BCUT2D eigenvalue weighted by Gasteiger charge is -2.20. The molecule has 0 bridgehead atoms. The van der Waals surface area contributed by atoms with Crippen LogP contribution in [0.3, 0.4) is 0 Å². The number of nitrogens with zero attached hydrogens (tertiary/aromatic N) is 1. The minimum atomic E-state index is -0.106. The van der Waals surface area contributed by atoms with E-state index < -0.39 is 0 Å². The lowest BCUT2D eigenvalue weighted by molar-refractivity contribution is -0.133. The van der Waals surface area contributed by atoms with Gasteiger partial charge in [-0.15, -0.1) is 0 Å². The fourth-order valence-corrected chi connectivity index (χ4v) is 3.06. The molecule has 2 atom stereocenters. The van der Waals surface area contributed by atoms with E-state index in [1.54, 1.807) is 17.8 Å². The summed E-state index contributed by atoms with van der Waals surface area (Å²) in [4.78, 5) is 25.1. The Hall–Kier alpha value is -1.17. The molecule has 0 aromatic carbocycles. The highest BCUT2D eigenvalue weighted by molar-refractivity contribution is 7.98. The van der Waals surface area contributed by atoms with E-state index in [-0.39, 0.29) is 23.3 Å². The Morgan fingerprint density at radius 1 is 1.61 bits per heavy atom. The Morgan fingerprint density at radius 2 is 2.39 bits per heavy atom. The van der Waals surface area contributed by atoms with Gasteiger partial charge in [0.2, 0.25) is 5.91 Å². The molecule has 1 aromatic rings. The maximum absolute atomic E-state index is 12.2. The number of hydrogen-bond donors (Lipinski definition) is 2. The van der Waals surface area contributed by atoms with E-state index in [9.17, 15) is 9.59 Å². The lowest BCUT2D eigenvalue weighted by atomic mass is 10.1. The summed E-state index contributed by atoms with van der Waals surface area (Å²) in [6.07, 6.45) is 2.94. The summed E-state index contributed by atoms with van der Waals surface area (Å²) in [5, 5.41) is 5.43. The van der Waals surface area contributed by atoms with Crippen LogP contribution in [0.25, 0.3) is 0 Å². The minimum Gasteiger partial charge on any atom is -0.342 e. The fraction of sp³-hybridized carbons (Fsp3) is 0.667. The molecule has 1 saturated heterocycles. The lowest BCUT2D eigenvalue weighted by Crippen LogP contribution is -2.34. The Kier molecular flexibility index (Phi) is 4.16. The van der Waals surface area contributed by atoms with Gasteiger partial charge < -0.3 is 10.00 Å². The largest absolute Gasteiger partial charge is 0.342 e. The van der Waals surface area contributed by atoms with Gasteiger partial charge in [0.15, 0.2) is 0 Å². The van der Waals surface area contributed by atoms with Crippen molar-refractivity contribution in [3.8, 4) is 0 Å². The number of aromatic nitrogens is 2. The molecule has 1 aliphatic heterocycles. The second kappa shape index (κ2) is 5.65. The van der Waals surface area contributed by atoms with Gasteiger partial charge in [0.25, 0.3) is 5.56 Å². The van der Waals surface area contributed by atoms with Crippen molar-refractivity contribution in [1.29, 1.82) is 0 Å². The summed E-state index contributed by atoms with van der Waals surface area (Å²) >= 11 is 1.70. The number of rotatable bonds is 4. The second-order valence-corrected chi connectivity index (χ2v) is 5.75. The standard InChI is InChI=1S/C12H19N3O2S/c1-8(7-18-2)12(17)15-4-3-9(6-15)10-5-11(16)14-13-10/h5,8-9H,3-4,6-7H2,1-2H3,(H2,13,14,16). The number of hydrogen-bond acceptors (Lipinski definition) is 3. The highest BCUT2D eigenvalue weighted by Crippen LogP contribution is 2.26. The zero-order chi connectivity index (χ0) is 13.1. The van der Waals surface area contributed by atoms with Crippen molar-refractivity contribution in [1.82, 2.24) is 15.1 Å². The SMILES string of the molecule is CSCC(C)C(=O)N1CCC(c2cc(=O)[nH][nH]2)C1. The van der Waals surface area contributed by atoms with Gasteiger partial charge in [0.05, 0.1) is 0 Å². The van der Waals surface area contributed by atoms with Gasteiger partial charge >= 0.3 is 0 Å². The molecule has 1 aromatic heterocycles. The van der Waals surface area contributed by atoms with Crippen LogP contribution in [0, 0.1) is 5.92 Å². The van der Waals surface area contributed by atoms with E-state index in [2.05, 4.69) is 10.2 Å². The molecule has 1 amide bonds. The fourth-order valence-electron chi connectivity index (χ4n) is 2.41. The predicted molar refractivity (Wildman–Crippen MR) is 72.9 cm³/mol. The molecule has 2 rings (SSSR count). The van der Waals surface area contributed by atoms with Gasteiger partial charge in [-0.1, -0.05) is 6.92 Å². The molecular weight excluding hydrogens is 250 g/mol. The molecule has 0 radical (unpaired) electrons. The molecule has 1 fully saturated rings. The van der Waals surface area contributed by atoms with Gasteiger partial charge in [-0.05, 0) is 12.7 Å². The minimum absolute atomic E-state index is 0.0732. The average Bonchev–Trinajstić information content (AvgIpc) is 2.96. The van der Waals surface area contributed by atoms with Crippen LogP contribution in [-0.2, 0) is 4.79 Å². The van der Waals surface area contributed by atoms with Crippen molar-refractivity contribution in [3.63, 3.8) is 0 Å². The van der Waals surface area contributed by atoms with E-state index in [4.69, 9.17) is 0 Å². The van der Waals surface area contributed by atoms with Crippen molar-refractivity contribution < 1.29 is 4.79 Å². The molecule has 1 aliphatic rings. The van der Waals surface area contributed by atoms with Crippen LogP contribution in [0.1, 0.15) is 25.0 Å². The first kappa shape index (κ1) is 13.3. The number of carbonyl (C=O) groups is 1. The van der Waals surface area contributed by atoms with Crippen LogP contribution in [0.4, 0.5) is 0 Å². The number of likely N-dealkylation sites (tertiary alicyclic amines) is 1. The van der Waals surface area contributed by atoms with Crippen LogP contribution >= 0.6 is 11.8 Å². The molecule has 0 saturated carbocycles. The van der Waals surface area contributed by atoms with Crippen molar-refractivity contribution in [2.75, 3.05) is 25.1 Å². The number of thioether (sulfide) groups is 1. The summed E-state index contributed by atoms with van der Waals surface area (Å²) in [6.45, 7) is 3.48. The normalized spacial score (nSPS) is 21.2. The summed E-state index contributed by atoms with van der Waals surface area (Å²) < 4.78 is 0. The monoisotopic (exact) mass is 269 g/mol. The van der Waals surface area contributed by atoms with Crippen LogP contribution < -0.4 is 5.56 Å². The summed E-state index contributed by atoms with van der Waals surface area (Å²) in [5.41, 5.74) is 0.804. The number of nitrogens with one attached hydrogen (secondary N) is 2. The Labute approximate surface area is 110 Å². The van der Waals surface area contributed by atoms with Crippen molar-refractivity contribution in [2.24, 2.45) is 5.92 Å². The summed E-state index contributed by atoms with van der Waals surface area (Å²) in [6, 6.07) is 1.59. The highest BCUT2D eigenvalue weighted by atomic mass is 32.2. The molecule has 0 aliphatic carbocycles. The zero-order valence-corrected chi connectivity index (χ0v) is 11.5. The topological polar surface area (TPSA) is 69.0 Å². The smallest absolute Gasteiger partial charge is 0.264 e. The van der Waals surface area contributed by atoms with Crippen molar-refractivity contribution in [2.45, 2.75) is 19.3 Å².